The van der Waals surface area contributed by atoms with Crippen molar-refractivity contribution in [2.75, 3.05) is 6.73 Å². The molecule has 0 bridgehead atoms. The molecule has 0 aliphatic carbocycles. The Morgan fingerprint density at radius 3 is 1.92 bits per heavy atom. The predicted molar refractivity (Wildman–Crippen MR) is 48.5 cm³/mol. The van der Waals surface area contributed by atoms with Crippen LogP contribution in [0.3, 0.4) is 0 Å². The Morgan fingerprint density at radius 2 is 1.67 bits per heavy atom. The molecule has 0 aliphatic rings. The van der Waals surface area contributed by atoms with Gasteiger partial charge in [-0.05, 0) is 5.41 Å². The molecule has 0 heterocycles. The van der Waals surface area contributed by atoms with Crippen LogP contribution < -0.4 is 5.32 Å². The summed E-state index contributed by atoms with van der Waals surface area (Å²) < 4.78 is 0. The number of aliphatic hydroxyl groups is 1. The Balaban J connectivity index is 4.50. The zero-order valence-electron chi connectivity index (χ0n) is 8.56. The maximum absolute atomic E-state index is 11.4. The van der Waals surface area contributed by atoms with Gasteiger partial charge in [0.05, 0.1) is 0 Å². The second-order valence-corrected chi connectivity index (χ2v) is 4.54. The first-order valence-corrected chi connectivity index (χ1v) is 4.12. The quantitative estimate of drug-likeness (QED) is 0.615. The van der Waals surface area contributed by atoms with Gasteiger partial charge in [0.15, 0.2) is 0 Å². The van der Waals surface area contributed by atoms with Gasteiger partial charge >= 0.3 is 0 Å². The molecule has 0 saturated carbocycles. The molecule has 12 heavy (non-hydrogen) atoms. The number of aliphatic hydroxyl groups excluding tert-OH is 1. The molecular weight excluding hydrogens is 154 g/mol. The number of hydrogen-bond acceptors (Lipinski definition) is 2. The number of carbonyl (C=O) groups is 1. The van der Waals surface area contributed by atoms with Crippen LogP contribution in [0.5, 0.6) is 0 Å². The van der Waals surface area contributed by atoms with Gasteiger partial charge < -0.3 is 10.4 Å². The molecule has 3 nitrogen and oxygen atoms in total. The first-order valence-electron chi connectivity index (χ1n) is 4.12. The van der Waals surface area contributed by atoms with E-state index in [1.165, 1.54) is 0 Å². The molecule has 0 radical (unpaired) electrons. The molecule has 72 valence electrons. The zero-order chi connectivity index (χ0) is 9.99. The number of amides is 1. The van der Waals surface area contributed by atoms with Crippen molar-refractivity contribution in [1.29, 1.82) is 0 Å². The molecule has 2 N–H and O–H groups in total. The summed E-state index contributed by atoms with van der Waals surface area (Å²) in [6.45, 7) is 9.46. The highest BCUT2D eigenvalue weighted by Gasteiger charge is 2.39. The van der Waals surface area contributed by atoms with Crippen molar-refractivity contribution in [2.45, 2.75) is 34.6 Å². The van der Waals surface area contributed by atoms with Gasteiger partial charge in [0.1, 0.15) is 6.73 Å². The maximum Gasteiger partial charge on any atom is 0.227 e. The van der Waals surface area contributed by atoms with Gasteiger partial charge in [-0.2, -0.15) is 0 Å². The highest BCUT2D eigenvalue weighted by Crippen LogP contribution is 2.37. The van der Waals surface area contributed by atoms with Gasteiger partial charge in [-0.25, -0.2) is 0 Å². The Morgan fingerprint density at radius 1 is 1.25 bits per heavy atom. The smallest absolute Gasteiger partial charge is 0.227 e. The van der Waals surface area contributed by atoms with Gasteiger partial charge in [-0.1, -0.05) is 34.6 Å². The number of carbonyl (C=O) groups excluding carboxylic acids is 1. The summed E-state index contributed by atoms with van der Waals surface area (Å²) in [6.07, 6.45) is 0. The van der Waals surface area contributed by atoms with Gasteiger partial charge in [0.25, 0.3) is 0 Å². The van der Waals surface area contributed by atoms with Crippen molar-refractivity contribution in [2.24, 2.45) is 10.8 Å². The predicted octanol–water partition coefficient (Wildman–Crippen LogP) is 1.12. The third-order valence-electron chi connectivity index (χ3n) is 2.68. The summed E-state index contributed by atoms with van der Waals surface area (Å²) in [6, 6.07) is 0. The molecular formula is C9H19NO2. The summed E-state index contributed by atoms with van der Waals surface area (Å²) in [7, 11) is 0. The molecule has 0 aromatic heterocycles. The van der Waals surface area contributed by atoms with E-state index in [0.717, 1.165) is 0 Å². The van der Waals surface area contributed by atoms with E-state index in [1.807, 2.05) is 34.6 Å². The molecule has 0 aromatic rings. The molecule has 0 rings (SSSR count). The molecule has 0 saturated heterocycles. The maximum atomic E-state index is 11.4. The van der Waals surface area contributed by atoms with Crippen LogP contribution in [0, 0.1) is 10.8 Å². The molecule has 0 atom stereocenters. The van der Waals surface area contributed by atoms with Crippen molar-refractivity contribution in [3.8, 4) is 0 Å². The van der Waals surface area contributed by atoms with Crippen LogP contribution in [-0.4, -0.2) is 17.7 Å². The van der Waals surface area contributed by atoms with E-state index in [0.29, 0.717) is 0 Å². The third kappa shape index (κ3) is 2.21. The van der Waals surface area contributed by atoms with Crippen molar-refractivity contribution in [3.63, 3.8) is 0 Å². The largest absolute Gasteiger partial charge is 0.377 e. The highest BCUT2D eigenvalue weighted by atomic mass is 16.3. The average molecular weight is 173 g/mol. The highest BCUT2D eigenvalue weighted by molar-refractivity contribution is 5.82. The first kappa shape index (κ1) is 11.4. The van der Waals surface area contributed by atoms with Crippen molar-refractivity contribution < 1.29 is 9.90 Å². The molecule has 0 aliphatic heterocycles. The van der Waals surface area contributed by atoms with Crippen LogP contribution in [0.2, 0.25) is 0 Å². The van der Waals surface area contributed by atoms with Crippen LogP contribution >= 0.6 is 0 Å². The minimum atomic E-state index is -0.463. The van der Waals surface area contributed by atoms with E-state index in [4.69, 9.17) is 5.11 Å². The monoisotopic (exact) mass is 173 g/mol. The molecule has 0 spiro atoms. The summed E-state index contributed by atoms with van der Waals surface area (Å²) >= 11 is 0. The second kappa shape index (κ2) is 3.44. The number of rotatable bonds is 2. The third-order valence-corrected chi connectivity index (χ3v) is 2.68. The Bertz CT molecular complexity index is 168. The lowest BCUT2D eigenvalue weighted by Crippen LogP contribution is -2.45. The van der Waals surface area contributed by atoms with E-state index in [-0.39, 0.29) is 18.1 Å². The topological polar surface area (TPSA) is 49.3 Å². The Kier molecular flexibility index (Phi) is 3.27. The van der Waals surface area contributed by atoms with Crippen LogP contribution in [0.1, 0.15) is 34.6 Å². The minimum Gasteiger partial charge on any atom is -0.377 e. The van der Waals surface area contributed by atoms with Gasteiger partial charge in [-0.15, -0.1) is 0 Å². The fraction of sp³-hybridized carbons (Fsp3) is 0.889. The fourth-order valence-corrected chi connectivity index (χ4v) is 0.633. The Labute approximate surface area is 74.2 Å². The lowest BCUT2D eigenvalue weighted by molar-refractivity contribution is -0.136. The fourth-order valence-electron chi connectivity index (χ4n) is 0.633. The number of nitrogens with one attached hydrogen (secondary N) is 1. The SMILES string of the molecule is CC(C)(C)C(C)(C)C(=O)NCO. The molecule has 0 unspecified atom stereocenters. The molecule has 0 fully saturated rings. The van der Waals surface area contributed by atoms with E-state index >= 15 is 0 Å². The second-order valence-electron chi connectivity index (χ2n) is 4.54. The number of hydrogen-bond donors (Lipinski definition) is 2. The van der Waals surface area contributed by atoms with E-state index in [1.54, 1.807) is 0 Å². The normalized spacial score (nSPS) is 12.8. The van der Waals surface area contributed by atoms with Gasteiger partial charge in [0, 0.05) is 5.41 Å². The summed E-state index contributed by atoms with van der Waals surface area (Å²) in [5.41, 5.74) is -0.567. The first-order chi connectivity index (χ1) is 5.23. The van der Waals surface area contributed by atoms with Gasteiger partial charge in [0.2, 0.25) is 5.91 Å². The summed E-state index contributed by atoms with van der Waals surface area (Å²) in [4.78, 5) is 11.4. The van der Waals surface area contributed by atoms with Crippen LogP contribution in [0.15, 0.2) is 0 Å². The summed E-state index contributed by atoms with van der Waals surface area (Å²) in [5, 5.41) is 10.9. The van der Waals surface area contributed by atoms with Crippen molar-refractivity contribution in [3.05, 3.63) is 0 Å². The average Bonchev–Trinajstić information content (AvgIpc) is 1.85. The summed E-state index contributed by atoms with van der Waals surface area (Å²) in [5.74, 6) is -0.113. The van der Waals surface area contributed by atoms with Crippen molar-refractivity contribution in [1.82, 2.24) is 5.32 Å². The lowest BCUT2D eigenvalue weighted by Gasteiger charge is -2.36. The zero-order valence-corrected chi connectivity index (χ0v) is 8.56. The molecule has 0 aromatic carbocycles. The van der Waals surface area contributed by atoms with Gasteiger partial charge in [-0.3, -0.25) is 4.79 Å². The molecule has 1 amide bonds. The van der Waals surface area contributed by atoms with E-state index in [9.17, 15) is 4.79 Å². The van der Waals surface area contributed by atoms with Crippen LogP contribution in [0.4, 0.5) is 0 Å². The van der Waals surface area contributed by atoms with Crippen LogP contribution in [-0.2, 0) is 4.79 Å². The van der Waals surface area contributed by atoms with Crippen molar-refractivity contribution >= 4 is 5.91 Å². The lowest BCUT2D eigenvalue weighted by atomic mass is 9.69. The molecule has 3 heteroatoms. The standard InChI is InChI=1S/C9H19NO2/c1-8(2,3)9(4,5)7(12)10-6-11/h11H,6H2,1-5H3,(H,10,12). The van der Waals surface area contributed by atoms with Crippen LogP contribution in [0.25, 0.3) is 0 Å². The van der Waals surface area contributed by atoms with E-state index < -0.39 is 5.41 Å². The minimum absolute atomic E-state index is 0.105. The Hall–Kier alpha value is -0.570. The van der Waals surface area contributed by atoms with E-state index in [2.05, 4.69) is 5.32 Å².